The summed E-state index contributed by atoms with van der Waals surface area (Å²) in [4.78, 5) is 11.9. The number of carbonyl (C=O) groups excluding carboxylic acids is 1. The maximum Gasteiger partial charge on any atom is 0.255 e. The van der Waals surface area contributed by atoms with Gasteiger partial charge in [0, 0.05) is 18.7 Å². The van der Waals surface area contributed by atoms with Gasteiger partial charge in [0.1, 0.15) is 5.75 Å². The van der Waals surface area contributed by atoms with Gasteiger partial charge in [-0.1, -0.05) is 11.6 Å². The van der Waals surface area contributed by atoms with Crippen molar-refractivity contribution >= 4 is 17.5 Å². The van der Waals surface area contributed by atoms with Crippen LogP contribution in [0.5, 0.6) is 5.75 Å². The van der Waals surface area contributed by atoms with Crippen LogP contribution in [0.15, 0.2) is 18.2 Å². The zero-order valence-corrected chi connectivity index (χ0v) is 11.0. The van der Waals surface area contributed by atoms with E-state index < -0.39 is 6.10 Å². The summed E-state index contributed by atoms with van der Waals surface area (Å²) in [6.45, 7) is 0.274. The molecule has 1 rings (SSSR count). The number of benzene rings is 1. The fourth-order valence-electron chi connectivity index (χ4n) is 1.41. The van der Waals surface area contributed by atoms with E-state index in [1.807, 2.05) is 0 Å². The van der Waals surface area contributed by atoms with Gasteiger partial charge in [-0.05, 0) is 18.2 Å². The van der Waals surface area contributed by atoms with Crippen molar-refractivity contribution in [2.75, 3.05) is 27.4 Å². The van der Waals surface area contributed by atoms with Crippen molar-refractivity contribution in [2.45, 2.75) is 6.10 Å². The van der Waals surface area contributed by atoms with E-state index in [0.29, 0.717) is 16.3 Å². The van der Waals surface area contributed by atoms with Gasteiger partial charge in [-0.25, -0.2) is 0 Å². The molecule has 1 aromatic rings. The normalized spacial score (nSPS) is 12.0. The SMILES string of the molecule is COCC(O)CNC(=O)c1ccc(Cl)cc1OC. The molecular formula is C12H16ClNO4. The van der Waals surface area contributed by atoms with Gasteiger partial charge >= 0.3 is 0 Å². The predicted molar refractivity (Wildman–Crippen MR) is 68.2 cm³/mol. The Morgan fingerprint density at radius 2 is 2.22 bits per heavy atom. The first-order valence-electron chi connectivity index (χ1n) is 5.37. The summed E-state index contributed by atoms with van der Waals surface area (Å²) in [6.07, 6.45) is -0.739. The smallest absolute Gasteiger partial charge is 0.255 e. The molecule has 0 saturated carbocycles. The number of methoxy groups -OCH3 is 2. The van der Waals surface area contributed by atoms with Crippen LogP contribution in [0.2, 0.25) is 5.02 Å². The minimum Gasteiger partial charge on any atom is -0.496 e. The summed E-state index contributed by atoms with van der Waals surface area (Å²) in [5.74, 6) is 0.0555. The van der Waals surface area contributed by atoms with Crippen LogP contribution in [0.4, 0.5) is 0 Å². The molecule has 18 heavy (non-hydrogen) atoms. The Morgan fingerprint density at radius 3 is 2.83 bits per heavy atom. The Kier molecular flexibility index (Phi) is 5.91. The maximum absolute atomic E-state index is 11.9. The van der Waals surface area contributed by atoms with Crippen molar-refractivity contribution in [1.82, 2.24) is 5.32 Å². The van der Waals surface area contributed by atoms with E-state index in [4.69, 9.17) is 21.1 Å². The van der Waals surface area contributed by atoms with Crippen LogP contribution in [0.1, 0.15) is 10.4 Å². The number of halogens is 1. The van der Waals surface area contributed by atoms with Gasteiger partial charge in [0.05, 0.1) is 25.4 Å². The third-order valence-electron chi connectivity index (χ3n) is 2.27. The molecule has 0 saturated heterocycles. The standard InChI is InChI=1S/C12H16ClNO4/c1-17-7-9(15)6-14-12(16)10-4-3-8(13)5-11(10)18-2/h3-5,9,15H,6-7H2,1-2H3,(H,14,16). The first-order chi connectivity index (χ1) is 8.58. The van der Waals surface area contributed by atoms with Crippen molar-refractivity contribution in [3.8, 4) is 5.75 Å². The topological polar surface area (TPSA) is 67.8 Å². The van der Waals surface area contributed by atoms with Gasteiger partial charge < -0.3 is 19.9 Å². The molecule has 5 nitrogen and oxygen atoms in total. The third kappa shape index (κ3) is 4.18. The molecule has 0 bridgehead atoms. The van der Waals surface area contributed by atoms with Crippen molar-refractivity contribution in [1.29, 1.82) is 0 Å². The number of hydrogen-bond acceptors (Lipinski definition) is 4. The minimum atomic E-state index is -0.739. The number of rotatable bonds is 6. The summed E-state index contributed by atoms with van der Waals surface area (Å²) in [7, 11) is 2.94. The number of aliphatic hydroxyl groups excluding tert-OH is 1. The monoisotopic (exact) mass is 273 g/mol. The van der Waals surface area contributed by atoms with E-state index >= 15 is 0 Å². The molecule has 100 valence electrons. The van der Waals surface area contributed by atoms with Crippen molar-refractivity contribution in [2.24, 2.45) is 0 Å². The highest BCUT2D eigenvalue weighted by atomic mass is 35.5. The molecule has 0 aliphatic heterocycles. The molecule has 1 atom stereocenters. The Morgan fingerprint density at radius 1 is 1.50 bits per heavy atom. The summed E-state index contributed by atoms with van der Waals surface area (Å²) in [5.41, 5.74) is 0.367. The first-order valence-corrected chi connectivity index (χ1v) is 5.75. The molecule has 0 aromatic heterocycles. The second-order valence-corrected chi connectivity index (χ2v) is 4.10. The third-order valence-corrected chi connectivity index (χ3v) is 2.50. The molecule has 6 heteroatoms. The maximum atomic E-state index is 11.9. The summed E-state index contributed by atoms with van der Waals surface area (Å²) in [5, 5.41) is 12.5. The number of aliphatic hydroxyl groups is 1. The molecule has 1 unspecified atom stereocenters. The van der Waals surface area contributed by atoms with Crippen LogP contribution in [0.25, 0.3) is 0 Å². The quantitative estimate of drug-likeness (QED) is 0.814. The number of ether oxygens (including phenoxy) is 2. The Labute approximate surface area is 111 Å². The molecule has 1 amide bonds. The zero-order valence-electron chi connectivity index (χ0n) is 10.3. The van der Waals surface area contributed by atoms with Gasteiger partial charge in [-0.3, -0.25) is 4.79 Å². The van der Waals surface area contributed by atoms with Crippen molar-refractivity contribution < 1.29 is 19.4 Å². The van der Waals surface area contributed by atoms with Gasteiger partial charge in [0.25, 0.3) is 5.91 Å². The lowest BCUT2D eigenvalue weighted by Crippen LogP contribution is -2.34. The largest absolute Gasteiger partial charge is 0.496 e. The highest BCUT2D eigenvalue weighted by molar-refractivity contribution is 6.30. The average molecular weight is 274 g/mol. The molecule has 0 aliphatic rings. The van der Waals surface area contributed by atoms with E-state index in [1.54, 1.807) is 18.2 Å². The van der Waals surface area contributed by atoms with Crippen LogP contribution in [0, 0.1) is 0 Å². The van der Waals surface area contributed by atoms with Crippen LogP contribution < -0.4 is 10.1 Å². The van der Waals surface area contributed by atoms with Gasteiger partial charge in [-0.2, -0.15) is 0 Å². The summed E-state index contributed by atoms with van der Waals surface area (Å²) < 4.78 is 9.83. The first kappa shape index (κ1) is 14.8. The highest BCUT2D eigenvalue weighted by Gasteiger charge is 2.13. The molecule has 1 aromatic carbocycles. The number of amides is 1. The van der Waals surface area contributed by atoms with E-state index in [2.05, 4.69) is 5.32 Å². The summed E-state index contributed by atoms with van der Waals surface area (Å²) in [6, 6.07) is 4.73. The molecule has 0 aliphatic carbocycles. The van der Waals surface area contributed by atoms with E-state index in [1.165, 1.54) is 14.2 Å². The second-order valence-electron chi connectivity index (χ2n) is 3.66. The Balaban J connectivity index is 2.66. The van der Waals surface area contributed by atoms with Crippen LogP contribution in [0.3, 0.4) is 0 Å². The number of nitrogens with one attached hydrogen (secondary N) is 1. The van der Waals surface area contributed by atoms with Gasteiger partial charge in [0.15, 0.2) is 0 Å². The summed E-state index contributed by atoms with van der Waals surface area (Å²) >= 11 is 5.80. The molecule has 2 N–H and O–H groups in total. The highest BCUT2D eigenvalue weighted by Crippen LogP contribution is 2.22. The van der Waals surface area contributed by atoms with Gasteiger partial charge in [-0.15, -0.1) is 0 Å². The molecule has 0 heterocycles. The lowest BCUT2D eigenvalue weighted by Gasteiger charge is -2.12. The molecule has 0 fully saturated rings. The van der Waals surface area contributed by atoms with E-state index in [9.17, 15) is 9.90 Å². The minimum absolute atomic E-state index is 0.110. The Hall–Kier alpha value is -1.30. The number of carbonyl (C=O) groups is 1. The second kappa shape index (κ2) is 7.20. The van der Waals surface area contributed by atoms with Crippen molar-refractivity contribution in [3.63, 3.8) is 0 Å². The van der Waals surface area contributed by atoms with Gasteiger partial charge in [0.2, 0.25) is 0 Å². The zero-order chi connectivity index (χ0) is 13.5. The van der Waals surface area contributed by atoms with E-state index in [-0.39, 0.29) is 19.1 Å². The fourth-order valence-corrected chi connectivity index (χ4v) is 1.57. The van der Waals surface area contributed by atoms with Crippen LogP contribution >= 0.6 is 11.6 Å². The average Bonchev–Trinajstić information content (AvgIpc) is 2.36. The molecule has 0 spiro atoms. The van der Waals surface area contributed by atoms with Crippen molar-refractivity contribution in [3.05, 3.63) is 28.8 Å². The lowest BCUT2D eigenvalue weighted by molar-refractivity contribution is 0.0609. The van der Waals surface area contributed by atoms with Crippen LogP contribution in [-0.2, 0) is 4.74 Å². The molecular weight excluding hydrogens is 258 g/mol. The van der Waals surface area contributed by atoms with E-state index in [0.717, 1.165) is 0 Å². The number of hydrogen-bond donors (Lipinski definition) is 2. The lowest BCUT2D eigenvalue weighted by atomic mass is 10.2. The predicted octanol–water partition coefficient (Wildman–Crippen LogP) is 1.09. The van der Waals surface area contributed by atoms with Crippen LogP contribution in [-0.4, -0.2) is 44.5 Å². The molecule has 0 radical (unpaired) electrons. The fraction of sp³-hybridized carbons (Fsp3) is 0.417. The Bertz CT molecular complexity index is 411.